The molecule has 2 aromatic rings. The molecule has 3 unspecified atom stereocenters. The molecule has 1 aliphatic rings. The van der Waals surface area contributed by atoms with Gasteiger partial charge in [0.25, 0.3) is 0 Å². The molecule has 14 nitrogen and oxygen atoms in total. The molecule has 1 saturated heterocycles. The van der Waals surface area contributed by atoms with E-state index in [1.54, 1.807) is 4.57 Å². The van der Waals surface area contributed by atoms with Gasteiger partial charge in [-0.3, -0.25) is 9.46 Å². The maximum absolute atomic E-state index is 11.5. The summed E-state index contributed by atoms with van der Waals surface area (Å²) in [5.41, 5.74) is 6.68. The van der Waals surface area contributed by atoms with Gasteiger partial charge < -0.3 is 10.5 Å². The molecule has 0 aliphatic carbocycles. The van der Waals surface area contributed by atoms with E-state index >= 15 is 0 Å². The summed E-state index contributed by atoms with van der Waals surface area (Å²) in [6.45, 7) is -0.208. The van der Waals surface area contributed by atoms with Crippen molar-refractivity contribution >= 4 is 41.3 Å². The lowest BCUT2D eigenvalue weighted by Gasteiger charge is -2.13. The lowest BCUT2D eigenvalue weighted by Crippen LogP contribution is -2.15. The van der Waals surface area contributed by atoms with E-state index in [0.29, 0.717) is 24.0 Å². The first-order valence-electron chi connectivity index (χ1n) is 7.32. The van der Waals surface area contributed by atoms with Crippen LogP contribution in [-0.2, 0) is 31.6 Å². The zero-order valence-corrected chi connectivity index (χ0v) is 16.1. The van der Waals surface area contributed by atoms with Gasteiger partial charge in [-0.25, -0.2) is 19.5 Å². The Balaban J connectivity index is 1.54. The number of fused-ring (bicyclic) bond motifs is 1. The second kappa shape index (κ2) is 8.27. The molecule has 17 heteroatoms. The van der Waals surface area contributed by atoms with Gasteiger partial charge in [0.2, 0.25) is 0 Å². The van der Waals surface area contributed by atoms with Crippen molar-refractivity contribution in [1.29, 1.82) is 0 Å². The van der Waals surface area contributed by atoms with Crippen LogP contribution in [0.1, 0.15) is 19.1 Å². The van der Waals surface area contributed by atoms with Gasteiger partial charge in [0.15, 0.2) is 11.5 Å². The summed E-state index contributed by atoms with van der Waals surface area (Å²) in [6.07, 6.45) is 3.04. The van der Waals surface area contributed by atoms with Crippen LogP contribution in [0.2, 0.25) is 0 Å². The normalized spacial score (nSPS) is 23.3. The van der Waals surface area contributed by atoms with Crippen molar-refractivity contribution in [1.82, 2.24) is 19.5 Å². The lowest BCUT2D eigenvalue weighted by atomic mass is 10.2. The molecule has 2 aromatic heterocycles. The Kier molecular flexibility index (Phi) is 6.21. The molecule has 5 atom stereocenters. The van der Waals surface area contributed by atoms with Gasteiger partial charge in [0.1, 0.15) is 24.7 Å². The largest absolute Gasteiger partial charge is 0.708 e. The molecule has 0 radical (unpaired) electrons. The Morgan fingerprint density at radius 3 is 2.85 bits per heavy atom. The maximum atomic E-state index is 11.5. The molecule has 0 spiro atoms. The minimum absolute atomic E-state index is 0.208. The van der Waals surface area contributed by atoms with Gasteiger partial charge in [0.05, 0.1) is 12.4 Å². The van der Waals surface area contributed by atoms with Crippen LogP contribution < -0.4 is 5.73 Å². The zero-order valence-electron chi connectivity index (χ0n) is 13.4. The first-order valence-corrected chi connectivity index (χ1v) is 11.0. The van der Waals surface area contributed by atoms with Crippen LogP contribution in [0, 0.1) is 0 Å². The molecule has 0 saturated carbocycles. The summed E-state index contributed by atoms with van der Waals surface area (Å²) in [5, 5.41) is 0. The van der Waals surface area contributed by atoms with Crippen molar-refractivity contribution in [2.45, 2.75) is 25.2 Å². The molecular formula is C10H14N5O9P3+2. The van der Waals surface area contributed by atoms with Gasteiger partial charge in [-0.15, -0.1) is 9.42 Å². The number of anilines is 1. The van der Waals surface area contributed by atoms with Crippen molar-refractivity contribution in [3.8, 4) is 0 Å². The van der Waals surface area contributed by atoms with Crippen molar-refractivity contribution < 1.29 is 41.4 Å². The molecule has 3 heterocycles. The van der Waals surface area contributed by atoms with E-state index in [1.807, 2.05) is 0 Å². The number of nitrogens with zero attached hydrogens (tertiary/aromatic N) is 4. The minimum atomic E-state index is -4.97. The van der Waals surface area contributed by atoms with Crippen LogP contribution >= 0.6 is 24.3 Å². The minimum Gasteiger partial charge on any atom is -0.382 e. The zero-order chi connectivity index (χ0) is 19.6. The number of ether oxygens (including phenoxy) is 1. The quantitative estimate of drug-likeness (QED) is 0.499. The van der Waals surface area contributed by atoms with Crippen LogP contribution in [-0.4, -0.2) is 42.0 Å². The van der Waals surface area contributed by atoms with E-state index < -0.39 is 36.7 Å². The number of hydrogen-bond donors (Lipinski definition) is 3. The summed E-state index contributed by atoms with van der Waals surface area (Å²) in [7, 11) is -11.4. The highest BCUT2D eigenvalue weighted by atomic mass is 31.3. The number of aromatic nitrogens is 4. The molecule has 146 valence electrons. The highest BCUT2D eigenvalue weighted by molar-refractivity contribution is 7.61. The standard InChI is InChI=1S/C10H12N5O9P3/c11-9-8-10(13-4-12-9)15(5-14-8)7-2-1-6(22-7)3-21-26(18)24-27(19,20)23-25(16)17/h4-7H,1-3H2,(H2-2,11,12,13,16,17,19,20)/p+2/t6-,7+/m0/s1. The third-order valence-corrected chi connectivity index (χ3v) is 6.59. The summed E-state index contributed by atoms with van der Waals surface area (Å²) >= 11 is 0. The van der Waals surface area contributed by atoms with E-state index in [-0.39, 0.29) is 12.4 Å². The molecule has 0 bridgehead atoms. The molecule has 1 aliphatic heterocycles. The molecule has 3 rings (SSSR count). The van der Waals surface area contributed by atoms with Gasteiger partial charge >= 0.3 is 24.3 Å². The van der Waals surface area contributed by atoms with E-state index in [0.717, 1.165) is 0 Å². The van der Waals surface area contributed by atoms with Gasteiger partial charge in [-0.1, -0.05) is 0 Å². The SMILES string of the molecule is Nc1ncnc2c1ncn2[C@H]1CC[C@@H](CO[P+](=O)OP(=O)(O)O[P+](=O)O)O1. The van der Waals surface area contributed by atoms with Crippen LogP contribution in [0.4, 0.5) is 5.82 Å². The number of nitrogens with two attached hydrogens (primary N) is 1. The fourth-order valence-electron chi connectivity index (χ4n) is 2.45. The smallest absolute Gasteiger partial charge is 0.382 e. The van der Waals surface area contributed by atoms with Crippen molar-refractivity contribution in [2.75, 3.05) is 12.3 Å². The Morgan fingerprint density at radius 1 is 1.33 bits per heavy atom. The monoisotopic (exact) mass is 441 g/mol. The van der Waals surface area contributed by atoms with Crippen LogP contribution in [0.3, 0.4) is 0 Å². The summed E-state index contributed by atoms with van der Waals surface area (Å²) in [6, 6.07) is 0. The average molecular weight is 441 g/mol. The second-order valence-corrected chi connectivity index (χ2v) is 8.69. The highest BCUT2D eigenvalue weighted by Crippen LogP contribution is 2.57. The molecule has 27 heavy (non-hydrogen) atoms. The maximum Gasteiger partial charge on any atom is 0.708 e. The number of hydrogen-bond acceptors (Lipinski definition) is 11. The number of phosphoric acid groups is 1. The van der Waals surface area contributed by atoms with Crippen LogP contribution in [0.5, 0.6) is 0 Å². The third kappa shape index (κ3) is 5.08. The number of nitrogen functional groups attached to an aromatic ring is 1. The van der Waals surface area contributed by atoms with Crippen molar-refractivity contribution in [2.24, 2.45) is 0 Å². The predicted molar refractivity (Wildman–Crippen MR) is 88.3 cm³/mol. The lowest BCUT2D eigenvalue weighted by molar-refractivity contribution is -0.0162. The number of rotatable bonds is 8. The summed E-state index contributed by atoms with van der Waals surface area (Å²) < 4.78 is 53.2. The van der Waals surface area contributed by atoms with Gasteiger partial charge in [-0.2, -0.15) is 0 Å². The van der Waals surface area contributed by atoms with Gasteiger partial charge in [0, 0.05) is 17.8 Å². The number of imidazole rings is 1. The molecule has 0 amide bonds. The Hall–Kier alpha value is -1.46. The van der Waals surface area contributed by atoms with Crippen molar-refractivity contribution in [3.63, 3.8) is 0 Å². The first-order chi connectivity index (χ1) is 12.7. The highest BCUT2D eigenvalue weighted by Gasteiger charge is 2.45. The summed E-state index contributed by atoms with van der Waals surface area (Å²) in [4.78, 5) is 29.6. The first kappa shape index (κ1) is 20.3. The van der Waals surface area contributed by atoms with E-state index in [9.17, 15) is 13.7 Å². The molecule has 1 fully saturated rings. The van der Waals surface area contributed by atoms with E-state index in [2.05, 4.69) is 23.6 Å². The molecule has 0 aromatic carbocycles. The Labute approximate surface area is 153 Å². The van der Waals surface area contributed by atoms with Gasteiger partial charge in [-0.05, 0) is 12.8 Å². The molecule has 4 N–H and O–H groups in total. The fraction of sp³-hybridized carbons (Fsp3) is 0.500. The third-order valence-electron chi connectivity index (χ3n) is 3.49. The van der Waals surface area contributed by atoms with E-state index in [1.165, 1.54) is 12.7 Å². The Morgan fingerprint density at radius 2 is 2.11 bits per heavy atom. The second-order valence-electron chi connectivity index (χ2n) is 5.26. The average Bonchev–Trinajstić information content (AvgIpc) is 3.18. The predicted octanol–water partition coefficient (Wildman–Crippen LogP) is 1.54. The van der Waals surface area contributed by atoms with E-state index in [4.69, 9.17) is 24.8 Å². The van der Waals surface area contributed by atoms with Crippen LogP contribution in [0.25, 0.3) is 11.2 Å². The topological polar surface area (TPSA) is 198 Å². The Bertz CT molecular complexity index is 923. The summed E-state index contributed by atoms with van der Waals surface area (Å²) in [5.74, 6) is 0.242. The fourth-order valence-corrected chi connectivity index (χ4v) is 4.69. The molecular weight excluding hydrogens is 427 g/mol. The van der Waals surface area contributed by atoms with Crippen molar-refractivity contribution in [3.05, 3.63) is 12.7 Å². The van der Waals surface area contributed by atoms with Crippen LogP contribution in [0.15, 0.2) is 12.7 Å².